The van der Waals surface area contributed by atoms with Crippen LogP contribution in [0.15, 0.2) is 66.1 Å². The van der Waals surface area contributed by atoms with E-state index < -0.39 is 10.0 Å². The van der Waals surface area contributed by atoms with Gasteiger partial charge in [0.15, 0.2) is 0 Å². The van der Waals surface area contributed by atoms with E-state index >= 15 is 0 Å². The standard InChI is InChI=1S/C21H23NO3S/c1-3-14-25-20-11-8-17(9-12-20)16-22(2)26(23,24)21-13-10-18-6-4-5-7-19(18)15-21/h3-9,11-12,15H,1,10,13-14,16H2,2H3. The van der Waals surface area contributed by atoms with Crippen LogP contribution in [0.25, 0.3) is 6.08 Å². The first kappa shape index (κ1) is 18.4. The van der Waals surface area contributed by atoms with E-state index in [1.165, 1.54) is 9.87 Å². The number of ether oxygens (including phenoxy) is 1. The summed E-state index contributed by atoms with van der Waals surface area (Å²) < 4.78 is 32.7. The van der Waals surface area contributed by atoms with Gasteiger partial charge in [0.05, 0.1) is 4.91 Å². The molecule has 5 heteroatoms. The third kappa shape index (κ3) is 4.06. The van der Waals surface area contributed by atoms with Crippen molar-refractivity contribution in [2.24, 2.45) is 0 Å². The second kappa shape index (κ2) is 7.89. The van der Waals surface area contributed by atoms with Crippen LogP contribution in [0.3, 0.4) is 0 Å². The molecule has 0 amide bonds. The number of allylic oxidation sites excluding steroid dienone is 1. The van der Waals surface area contributed by atoms with Crippen LogP contribution in [0, 0.1) is 0 Å². The average Bonchev–Trinajstić information content (AvgIpc) is 2.67. The first-order chi connectivity index (χ1) is 12.5. The molecular formula is C21H23NO3S. The minimum atomic E-state index is -3.48. The van der Waals surface area contributed by atoms with Crippen molar-refractivity contribution in [2.45, 2.75) is 19.4 Å². The van der Waals surface area contributed by atoms with Crippen LogP contribution in [-0.2, 0) is 23.0 Å². The fourth-order valence-electron chi connectivity index (χ4n) is 3.00. The molecule has 0 unspecified atom stereocenters. The molecule has 0 N–H and O–H groups in total. The number of rotatable bonds is 7. The second-order valence-electron chi connectivity index (χ2n) is 6.31. The Hall–Kier alpha value is -2.37. The van der Waals surface area contributed by atoms with E-state index in [1.807, 2.05) is 42.5 Å². The van der Waals surface area contributed by atoms with Crippen LogP contribution < -0.4 is 4.74 Å². The molecule has 2 aromatic carbocycles. The third-order valence-corrected chi connectivity index (χ3v) is 6.38. The van der Waals surface area contributed by atoms with Crippen LogP contribution in [-0.4, -0.2) is 26.4 Å². The minimum Gasteiger partial charge on any atom is -0.490 e. The highest BCUT2D eigenvalue weighted by molar-refractivity contribution is 7.93. The maximum atomic E-state index is 12.9. The molecule has 3 rings (SSSR count). The van der Waals surface area contributed by atoms with Gasteiger partial charge in [0.25, 0.3) is 0 Å². The summed E-state index contributed by atoms with van der Waals surface area (Å²) >= 11 is 0. The Balaban J connectivity index is 1.73. The largest absolute Gasteiger partial charge is 0.490 e. The van der Waals surface area contributed by atoms with Crippen molar-refractivity contribution < 1.29 is 13.2 Å². The summed E-state index contributed by atoms with van der Waals surface area (Å²) in [5.41, 5.74) is 3.11. The average molecular weight is 369 g/mol. The zero-order valence-corrected chi connectivity index (χ0v) is 15.7. The number of nitrogens with zero attached hydrogens (tertiary/aromatic N) is 1. The molecule has 26 heavy (non-hydrogen) atoms. The molecule has 0 radical (unpaired) electrons. The Morgan fingerprint density at radius 2 is 1.85 bits per heavy atom. The van der Waals surface area contributed by atoms with Crippen LogP contribution in [0.5, 0.6) is 5.75 Å². The van der Waals surface area contributed by atoms with Gasteiger partial charge in [-0.1, -0.05) is 49.1 Å². The lowest BCUT2D eigenvalue weighted by Crippen LogP contribution is -2.28. The number of hydrogen-bond acceptors (Lipinski definition) is 3. The molecule has 4 nitrogen and oxygen atoms in total. The first-order valence-corrected chi connectivity index (χ1v) is 10.0. The van der Waals surface area contributed by atoms with Gasteiger partial charge < -0.3 is 4.74 Å². The Morgan fingerprint density at radius 1 is 1.12 bits per heavy atom. The summed E-state index contributed by atoms with van der Waals surface area (Å²) in [6.07, 6.45) is 4.78. The quantitative estimate of drug-likeness (QED) is 0.693. The van der Waals surface area contributed by atoms with Gasteiger partial charge in [-0.05, 0) is 47.7 Å². The van der Waals surface area contributed by atoms with Gasteiger partial charge in [0, 0.05) is 13.6 Å². The molecule has 0 saturated heterocycles. The molecule has 0 atom stereocenters. The van der Waals surface area contributed by atoms with Crippen LogP contribution >= 0.6 is 0 Å². The third-order valence-electron chi connectivity index (χ3n) is 4.45. The lowest BCUT2D eigenvalue weighted by Gasteiger charge is -2.22. The number of fused-ring (bicyclic) bond motifs is 1. The van der Waals surface area contributed by atoms with Crippen LogP contribution in [0.4, 0.5) is 0 Å². The molecule has 1 aliphatic carbocycles. The van der Waals surface area contributed by atoms with E-state index in [0.717, 1.165) is 23.3 Å². The topological polar surface area (TPSA) is 46.6 Å². The second-order valence-corrected chi connectivity index (χ2v) is 8.41. The van der Waals surface area contributed by atoms with E-state index in [-0.39, 0.29) is 0 Å². The van der Waals surface area contributed by atoms with E-state index in [0.29, 0.717) is 24.5 Å². The lowest BCUT2D eigenvalue weighted by molar-refractivity contribution is 0.363. The van der Waals surface area contributed by atoms with Gasteiger partial charge in [-0.25, -0.2) is 8.42 Å². The van der Waals surface area contributed by atoms with E-state index in [1.54, 1.807) is 19.2 Å². The molecule has 136 valence electrons. The van der Waals surface area contributed by atoms with E-state index in [4.69, 9.17) is 4.74 Å². The Bertz CT molecular complexity index is 915. The van der Waals surface area contributed by atoms with Crippen LogP contribution in [0.2, 0.25) is 0 Å². The number of hydrogen-bond donors (Lipinski definition) is 0. The first-order valence-electron chi connectivity index (χ1n) is 8.58. The molecule has 2 aromatic rings. The maximum absolute atomic E-state index is 12.9. The Labute approximate surface area is 155 Å². The summed E-state index contributed by atoms with van der Waals surface area (Å²) in [7, 11) is -1.85. The van der Waals surface area contributed by atoms with Crippen molar-refractivity contribution >= 4 is 16.1 Å². The predicted molar refractivity (Wildman–Crippen MR) is 105 cm³/mol. The zero-order valence-electron chi connectivity index (χ0n) is 14.9. The minimum absolute atomic E-state index is 0.322. The molecule has 0 spiro atoms. The normalized spacial score (nSPS) is 13.8. The molecule has 1 aliphatic rings. The molecule has 0 saturated carbocycles. The Morgan fingerprint density at radius 3 is 2.58 bits per heavy atom. The molecule has 0 bridgehead atoms. The number of benzene rings is 2. The lowest BCUT2D eigenvalue weighted by atomic mass is 9.98. The molecule has 0 aromatic heterocycles. The SMILES string of the molecule is C=CCOc1ccc(CN(C)S(=O)(=O)C2=Cc3ccccc3CC2)cc1. The van der Waals surface area contributed by atoms with E-state index in [2.05, 4.69) is 12.6 Å². The van der Waals surface area contributed by atoms with Gasteiger partial charge in [-0.15, -0.1) is 0 Å². The summed E-state index contributed by atoms with van der Waals surface area (Å²) in [5.74, 6) is 0.741. The van der Waals surface area contributed by atoms with Gasteiger partial charge in [-0.3, -0.25) is 0 Å². The Kier molecular flexibility index (Phi) is 5.59. The molecule has 0 heterocycles. The van der Waals surface area contributed by atoms with Crippen molar-refractivity contribution in [3.8, 4) is 5.75 Å². The highest BCUT2D eigenvalue weighted by Gasteiger charge is 2.26. The van der Waals surface area contributed by atoms with Crippen molar-refractivity contribution in [3.63, 3.8) is 0 Å². The summed E-state index contributed by atoms with van der Waals surface area (Å²) in [5, 5.41) is 0. The summed E-state index contributed by atoms with van der Waals surface area (Å²) in [6.45, 7) is 4.38. The molecular weight excluding hydrogens is 346 g/mol. The molecule has 0 aliphatic heterocycles. The molecule has 0 fully saturated rings. The van der Waals surface area contributed by atoms with E-state index in [9.17, 15) is 8.42 Å². The van der Waals surface area contributed by atoms with Crippen molar-refractivity contribution in [3.05, 3.63) is 82.8 Å². The van der Waals surface area contributed by atoms with Gasteiger partial charge in [0.2, 0.25) is 10.0 Å². The van der Waals surface area contributed by atoms with Crippen molar-refractivity contribution in [2.75, 3.05) is 13.7 Å². The van der Waals surface area contributed by atoms with Gasteiger partial charge in [-0.2, -0.15) is 4.31 Å². The summed E-state index contributed by atoms with van der Waals surface area (Å²) in [4.78, 5) is 0.477. The fraction of sp³-hybridized carbons (Fsp3) is 0.238. The maximum Gasteiger partial charge on any atom is 0.239 e. The number of sulfonamides is 1. The highest BCUT2D eigenvalue weighted by Crippen LogP contribution is 2.29. The predicted octanol–water partition coefficient (Wildman–Crippen LogP) is 4.00. The smallest absolute Gasteiger partial charge is 0.239 e. The van der Waals surface area contributed by atoms with Crippen LogP contribution in [0.1, 0.15) is 23.1 Å². The van der Waals surface area contributed by atoms with Gasteiger partial charge in [0.1, 0.15) is 12.4 Å². The van der Waals surface area contributed by atoms with Crippen molar-refractivity contribution in [1.82, 2.24) is 4.31 Å². The van der Waals surface area contributed by atoms with Crippen molar-refractivity contribution in [1.29, 1.82) is 0 Å². The fourth-order valence-corrected chi connectivity index (χ4v) is 4.35. The zero-order chi connectivity index (χ0) is 18.6. The van der Waals surface area contributed by atoms with Gasteiger partial charge >= 0.3 is 0 Å². The highest BCUT2D eigenvalue weighted by atomic mass is 32.2. The monoisotopic (exact) mass is 369 g/mol. The number of aryl methyl sites for hydroxylation is 1. The summed E-state index contributed by atoms with van der Waals surface area (Å²) in [6, 6.07) is 15.4.